The summed E-state index contributed by atoms with van der Waals surface area (Å²) in [4.78, 5) is 23.0. The normalized spacial score (nSPS) is 12.0. The van der Waals surface area contributed by atoms with Crippen LogP contribution in [0.4, 0.5) is 14.5 Å². The van der Waals surface area contributed by atoms with Gasteiger partial charge < -0.3 is 5.32 Å². The minimum atomic E-state index is -0.827. The van der Waals surface area contributed by atoms with Crippen LogP contribution in [0.25, 0.3) is 28.1 Å². The predicted molar refractivity (Wildman–Crippen MR) is 146 cm³/mol. The van der Waals surface area contributed by atoms with Gasteiger partial charge in [-0.3, -0.25) is 4.79 Å². The number of nitrogens with one attached hydrogen (secondary N) is 1. The first-order valence-electron chi connectivity index (χ1n) is 12.3. The van der Waals surface area contributed by atoms with Gasteiger partial charge in [-0.25, -0.2) is 23.4 Å². The summed E-state index contributed by atoms with van der Waals surface area (Å²) in [6.07, 6.45) is 1.10. The second kappa shape index (κ2) is 11.1. The molecule has 0 saturated heterocycles. The van der Waals surface area contributed by atoms with E-state index in [9.17, 15) is 13.6 Å². The lowest BCUT2D eigenvalue weighted by Gasteiger charge is -2.16. The molecule has 6 nitrogen and oxygen atoms in total. The van der Waals surface area contributed by atoms with E-state index >= 15 is 0 Å². The third-order valence-electron chi connectivity index (χ3n) is 6.04. The van der Waals surface area contributed by atoms with E-state index in [0.717, 1.165) is 34.5 Å². The van der Waals surface area contributed by atoms with Gasteiger partial charge in [-0.05, 0) is 37.1 Å². The van der Waals surface area contributed by atoms with Gasteiger partial charge in [0.15, 0.2) is 11.5 Å². The summed E-state index contributed by atoms with van der Waals surface area (Å²) >= 11 is 1.29. The molecule has 5 aromatic rings. The summed E-state index contributed by atoms with van der Waals surface area (Å²) in [5.74, 6) is -1.42. The van der Waals surface area contributed by atoms with E-state index in [1.807, 2.05) is 74.5 Å². The molecule has 0 spiro atoms. The summed E-state index contributed by atoms with van der Waals surface area (Å²) < 4.78 is 29.4. The van der Waals surface area contributed by atoms with Crippen molar-refractivity contribution in [3.8, 4) is 17.1 Å². The maximum absolute atomic E-state index is 14.2. The minimum absolute atomic E-state index is 0.0700. The molecule has 0 aliphatic carbocycles. The van der Waals surface area contributed by atoms with Crippen LogP contribution in [0.5, 0.6) is 0 Å². The molecule has 2 heterocycles. The number of carbonyl (C=O) groups is 1. The highest BCUT2D eigenvalue weighted by atomic mass is 32.2. The Labute approximate surface area is 223 Å². The number of hydrogen-bond acceptors (Lipinski definition) is 5. The van der Waals surface area contributed by atoms with Crippen LogP contribution in [0.1, 0.15) is 26.0 Å². The van der Waals surface area contributed by atoms with Gasteiger partial charge in [0.05, 0.1) is 27.7 Å². The van der Waals surface area contributed by atoms with Crippen molar-refractivity contribution in [3.63, 3.8) is 0 Å². The van der Waals surface area contributed by atoms with Crippen LogP contribution < -0.4 is 5.32 Å². The lowest BCUT2D eigenvalue weighted by atomic mass is 10.2. The van der Waals surface area contributed by atoms with Crippen molar-refractivity contribution in [2.75, 3.05) is 5.32 Å². The Hall–Kier alpha value is -4.11. The molecule has 0 bridgehead atoms. The second-order valence-corrected chi connectivity index (χ2v) is 9.78. The predicted octanol–water partition coefficient (Wildman–Crippen LogP) is 6.83. The molecule has 1 N–H and O–H groups in total. The van der Waals surface area contributed by atoms with Crippen LogP contribution in [0.3, 0.4) is 0 Å². The van der Waals surface area contributed by atoms with Crippen LogP contribution >= 0.6 is 11.8 Å². The van der Waals surface area contributed by atoms with Crippen LogP contribution in [-0.2, 0) is 11.2 Å². The maximum atomic E-state index is 14.2. The van der Waals surface area contributed by atoms with E-state index in [-0.39, 0.29) is 5.69 Å². The maximum Gasteiger partial charge on any atom is 0.237 e. The Bertz CT molecular complexity index is 1590. The lowest BCUT2D eigenvalue weighted by Crippen LogP contribution is -2.25. The Kier molecular flexibility index (Phi) is 7.46. The van der Waals surface area contributed by atoms with Crippen molar-refractivity contribution in [2.24, 2.45) is 0 Å². The van der Waals surface area contributed by atoms with Gasteiger partial charge in [-0.15, -0.1) is 0 Å². The number of aromatic nitrogens is 4. The zero-order valence-electron chi connectivity index (χ0n) is 20.9. The van der Waals surface area contributed by atoms with Crippen LogP contribution in [0.15, 0.2) is 83.9 Å². The molecule has 0 fully saturated rings. The molecule has 0 aliphatic heterocycles. The van der Waals surface area contributed by atoms with Gasteiger partial charge in [0.2, 0.25) is 5.91 Å². The molecule has 3 aromatic carbocycles. The fourth-order valence-corrected chi connectivity index (χ4v) is 5.18. The molecular weight excluding hydrogens is 504 g/mol. The van der Waals surface area contributed by atoms with E-state index in [1.165, 1.54) is 17.8 Å². The van der Waals surface area contributed by atoms with E-state index in [2.05, 4.69) is 5.32 Å². The highest BCUT2D eigenvalue weighted by molar-refractivity contribution is 8.00. The molecular formula is C29H25F2N5OS. The standard InChI is InChI=1S/C29H25F2N5OS/c1-3-22-25-27(36(35-22)20-13-9-6-10-14-20)33-26(18-11-7-5-8-12-18)34-29(25)38-24(4-2)28(37)32-23-16-15-19(30)17-21(23)31/h5-17,24H,3-4H2,1-2H3,(H,32,37)/t24-/m0/s1. The Morgan fingerprint density at radius 3 is 2.34 bits per heavy atom. The number of hydrogen-bond donors (Lipinski definition) is 1. The molecule has 1 amide bonds. The van der Waals surface area contributed by atoms with Gasteiger partial charge in [-0.2, -0.15) is 5.10 Å². The number of rotatable bonds is 8. The van der Waals surface area contributed by atoms with E-state index in [4.69, 9.17) is 15.1 Å². The first-order chi connectivity index (χ1) is 18.5. The number of halogens is 2. The molecule has 0 radical (unpaired) electrons. The Morgan fingerprint density at radius 1 is 0.974 bits per heavy atom. The number of fused-ring (bicyclic) bond motifs is 1. The highest BCUT2D eigenvalue weighted by Crippen LogP contribution is 2.35. The molecule has 0 aliphatic rings. The summed E-state index contributed by atoms with van der Waals surface area (Å²) in [6.45, 7) is 3.89. The molecule has 0 unspecified atom stereocenters. The zero-order valence-corrected chi connectivity index (χ0v) is 21.7. The fourth-order valence-electron chi connectivity index (χ4n) is 4.11. The van der Waals surface area contributed by atoms with Gasteiger partial charge in [-0.1, -0.05) is 74.1 Å². The highest BCUT2D eigenvalue weighted by Gasteiger charge is 2.25. The van der Waals surface area contributed by atoms with Gasteiger partial charge in [0.1, 0.15) is 16.7 Å². The lowest BCUT2D eigenvalue weighted by molar-refractivity contribution is -0.115. The third kappa shape index (κ3) is 5.15. The van der Waals surface area contributed by atoms with Gasteiger partial charge in [0, 0.05) is 11.6 Å². The van der Waals surface area contributed by atoms with E-state index < -0.39 is 22.8 Å². The third-order valence-corrected chi connectivity index (χ3v) is 7.39. The van der Waals surface area contributed by atoms with Crippen molar-refractivity contribution < 1.29 is 13.6 Å². The SMILES string of the molecule is CCc1nn(-c2ccccc2)c2nc(-c3ccccc3)nc(S[C@@H](CC)C(=O)Nc3ccc(F)cc3F)c12. The molecule has 38 heavy (non-hydrogen) atoms. The minimum Gasteiger partial charge on any atom is -0.323 e. The van der Waals surface area contributed by atoms with Crippen molar-refractivity contribution >= 4 is 34.4 Å². The van der Waals surface area contributed by atoms with Crippen LogP contribution in [0.2, 0.25) is 0 Å². The summed E-state index contributed by atoms with van der Waals surface area (Å²) in [7, 11) is 0. The quantitative estimate of drug-likeness (QED) is 0.176. The number of nitrogens with zero attached hydrogens (tertiary/aromatic N) is 4. The first-order valence-corrected chi connectivity index (χ1v) is 13.2. The number of amides is 1. The van der Waals surface area contributed by atoms with Crippen molar-refractivity contribution in [1.82, 2.24) is 19.7 Å². The fraction of sp³-hybridized carbons (Fsp3) is 0.172. The number of thioether (sulfide) groups is 1. The van der Waals surface area contributed by atoms with Crippen LogP contribution in [0, 0.1) is 11.6 Å². The average molecular weight is 530 g/mol. The summed E-state index contributed by atoms with van der Waals surface area (Å²) in [5, 5.41) is 8.26. The smallest absolute Gasteiger partial charge is 0.237 e. The van der Waals surface area contributed by atoms with Crippen molar-refractivity contribution in [1.29, 1.82) is 0 Å². The molecule has 5 rings (SSSR count). The Balaban J connectivity index is 1.61. The van der Waals surface area contributed by atoms with Gasteiger partial charge in [0.25, 0.3) is 0 Å². The number of para-hydroxylation sites is 1. The first kappa shape index (κ1) is 25.5. The van der Waals surface area contributed by atoms with Crippen LogP contribution in [-0.4, -0.2) is 30.9 Å². The van der Waals surface area contributed by atoms with E-state index in [1.54, 1.807) is 4.68 Å². The molecule has 1 atom stereocenters. The second-order valence-electron chi connectivity index (χ2n) is 8.59. The summed E-state index contributed by atoms with van der Waals surface area (Å²) in [6, 6.07) is 22.4. The number of anilines is 1. The van der Waals surface area contributed by atoms with Crippen molar-refractivity contribution in [3.05, 3.63) is 96.2 Å². The topological polar surface area (TPSA) is 72.7 Å². The molecule has 192 valence electrons. The number of carbonyl (C=O) groups excluding carboxylic acids is 1. The molecule has 2 aromatic heterocycles. The average Bonchev–Trinajstić information content (AvgIpc) is 3.33. The molecule has 0 saturated carbocycles. The monoisotopic (exact) mass is 529 g/mol. The largest absolute Gasteiger partial charge is 0.323 e. The number of aryl methyl sites for hydroxylation is 1. The van der Waals surface area contributed by atoms with E-state index in [0.29, 0.717) is 29.3 Å². The summed E-state index contributed by atoms with van der Waals surface area (Å²) in [5.41, 5.74) is 3.08. The van der Waals surface area contributed by atoms with Crippen molar-refractivity contribution in [2.45, 2.75) is 37.0 Å². The number of benzene rings is 3. The zero-order chi connectivity index (χ0) is 26.6. The Morgan fingerprint density at radius 2 is 1.68 bits per heavy atom. The van der Waals surface area contributed by atoms with Gasteiger partial charge >= 0.3 is 0 Å². The molecule has 9 heteroatoms.